The highest BCUT2D eigenvalue weighted by atomic mass is 32.2. The lowest BCUT2D eigenvalue weighted by Crippen LogP contribution is -2.37. The van der Waals surface area contributed by atoms with Gasteiger partial charge in [0, 0.05) is 28.5 Å². The van der Waals surface area contributed by atoms with Gasteiger partial charge < -0.3 is 14.4 Å². The molecule has 0 amide bonds. The fourth-order valence-corrected chi connectivity index (χ4v) is 5.14. The van der Waals surface area contributed by atoms with Crippen LogP contribution in [0.5, 0.6) is 0 Å². The van der Waals surface area contributed by atoms with E-state index in [4.69, 9.17) is 4.74 Å². The fourth-order valence-electron chi connectivity index (χ4n) is 4.14. The first-order chi connectivity index (χ1) is 14.6. The number of thioether (sulfide) groups is 1. The highest BCUT2D eigenvalue weighted by molar-refractivity contribution is 8.04. The number of carbonyl (C=O) groups excluding carboxylic acids is 1. The molecule has 1 atom stereocenters. The van der Waals surface area contributed by atoms with Crippen LogP contribution in [0.1, 0.15) is 45.1 Å². The summed E-state index contributed by atoms with van der Waals surface area (Å²) in [5.74, 6) is -0.332. The van der Waals surface area contributed by atoms with Crippen molar-refractivity contribution in [3.05, 3.63) is 77.0 Å². The minimum absolute atomic E-state index is 0.115. The Morgan fingerprint density at radius 1 is 1.10 bits per heavy atom. The summed E-state index contributed by atoms with van der Waals surface area (Å²) in [4.78, 5) is 14.3. The molecule has 0 saturated carbocycles. The fraction of sp³-hybridized carbons (Fsp3) is 0.320. The zero-order valence-electron chi connectivity index (χ0n) is 17.4. The molecule has 0 fully saturated rings. The van der Waals surface area contributed by atoms with E-state index < -0.39 is 11.6 Å². The third-order valence-electron chi connectivity index (χ3n) is 5.73. The van der Waals surface area contributed by atoms with Gasteiger partial charge in [0.1, 0.15) is 16.3 Å². The maximum atomic E-state index is 13.1. The number of nitrogens with zero attached hydrogens (tertiary/aromatic N) is 1. The minimum Gasteiger partial charge on any atom is -0.511 e. The van der Waals surface area contributed by atoms with Crippen LogP contribution in [-0.4, -0.2) is 15.6 Å². The van der Waals surface area contributed by atoms with Crippen LogP contribution in [0.4, 0.5) is 0 Å². The van der Waals surface area contributed by atoms with E-state index in [1.807, 2.05) is 54.7 Å². The van der Waals surface area contributed by atoms with Crippen molar-refractivity contribution in [3.8, 4) is 0 Å². The third-order valence-corrected chi connectivity index (χ3v) is 6.88. The van der Waals surface area contributed by atoms with Gasteiger partial charge in [0.25, 0.3) is 0 Å². The van der Waals surface area contributed by atoms with Gasteiger partial charge in [-0.05, 0) is 31.4 Å². The van der Waals surface area contributed by atoms with Gasteiger partial charge in [-0.2, -0.15) is 0 Å². The molecule has 3 aromatic rings. The molecule has 30 heavy (non-hydrogen) atoms. The molecule has 0 spiro atoms. The number of aliphatic hydroxyl groups is 1. The standard InChI is InChI=1S/C25H27NO3S/c1-3-5-15-25(18-11-7-6-8-12-18)16-21(27)23(24(28)29-25)30-22-17-26(4-2)20-14-10-9-13-19(20)22/h6-14,17,27H,3-5,15-16H2,1-2H3. The molecule has 4 rings (SSSR count). The molecule has 5 heteroatoms. The second-order valence-corrected chi connectivity index (χ2v) is 8.76. The van der Waals surface area contributed by atoms with E-state index in [2.05, 4.69) is 24.5 Å². The van der Waals surface area contributed by atoms with E-state index in [-0.39, 0.29) is 10.7 Å². The summed E-state index contributed by atoms with van der Waals surface area (Å²) < 4.78 is 8.23. The van der Waals surface area contributed by atoms with Gasteiger partial charge >= 0.3 is 5.97 Å². The zero-order valence-corrected chi connectivity index (χ0v) is 18.2. The van der Waals surface area contributed by atoms with Gasteiger partial charge in [0.15, 0.2) is 0 Å². The number of esters is 1. The highest BCUT2D eigenvalue weighted by Gasteiger charge is 2.43. The van der Waals surface area contributed by atoms with Crippen molar-refractivity contribution in [3.63, 3.8) is 0 Å². The summed E-state index contributed by atoms with van der Waals surface area (Å²) in [6.07, 6.45) is 4.95. The van der Waals surface area contributed by atoms with Crippen LogP contribution in [0.3, 0.4) is 0 Å². The molecule has 156 valence electrons. The Balaban J connectivity index is 1.70. The van der Waals surface area contributed by atoms with E-state index in [0.29, 0.717) is 12.8 Å². The lowest BCUT2D eigenvalue weighted by Gasteiger charge is -2.37. The van der Waals surface area contributed by atoms with Crippen molar-refractivity contribution >= 4 is 28.6 Å². The average Bonchev–Trinajstić information content (AvgIpc) is 3.13. The maximum absolute atomic E-state index is 13.1. The number of hydrogen-bond donors (Lipinski definition) is 1. The molecule has 2 aromatic carbocycles. The number of ether oxygens (including phenoxy) is 1. The average molecular weight is 422 g/mol. The number of benzene rings is 2. The predicted molar refractivity (Wildman–Crippen MR) is 121 cm³/mol. The van der Waals surface area contributed by atoms with Crippen molar-refractivity contribution in [1.82, 2.24) is 4.57 Å². The molecule has 1 aliphatic rings. The van der Waals surface area contributed by atoms with E-state index in [9.17, 15) is 9.90 Å². The summed E-state index contributed by atoms with van der Waals surface area (Å²) in [6, 6.07) is 17.9. The SMILES string of the molecule is CCCCC1(c2ccccc2)CC(O)=C(Sc2cn(CC)c3ccccc23)C(=O)O1. The van der Waals surface area contributed by atoms with Crippen LogP contribution in [0, 0.1) is 0 Å². The molecule has 4 nitrogen and oxygen atoms in total. The largest absolute Gasteiger partial charge is 0.511 e. The Morgan fingerprint density at radius 3 is 2.53 bits per heavy atom. The van der Waals surface area contributed by atoms with E-state index in [0.717, 1.165) is 40.7 Å². The number of para-hydroxylation sites is 1. The second kappa shape index (κ2) is 8.60. The number of aromatic nitrogens is 1. The summed E-state index contributed by atoms with van der Waals surface area (Å²) in [5, 5.41) is 12.1. The second-order valence-electron chi connectivity index (χ2n) is 7.70. The number of cyclic esters (lactones) is 1. The lowest BCUT2D eigenvalue weighted by molar-refractivity contribution is -0.160. The van der Waals surface area contributed by atoms with Crippen LogP contribution in [-0.2, 0) is 21.7 Å². The Hall–Kier alpha value is -2.66. The molecule has 1 aliphatic heterocycles. The molecule has 2 heterocycles. The van der Waals surface area contributed by atoms with Crippen molar-refractivity contribution in [2.24, 2.45) is 0 Å². The van der Waals surface area contributed by atoms with Crippen LogP contribution >= 0.6 is 11.8 Å². The summed E-state index contributed by atoms with van der Waals surface area (Å²) in [5.41, 5.74) is 1.25. The van der Waals surface area contributed by atoms with Crippen LogP contribution in [0.15, 0.2) is 76.4 Å². The van der Waals surface area contributed by atoms with Gasteiger partial charge in [-0.25, -0.2) is 4.79 Å². The van der Waals surface area contributed by atoms with E-state index in [1.165, 1.54) is 11.8 Å². The van der Waals surface area contributed by atoms with Crippen LogP contribution in [0.25, 0.3) is 10.9 Å². The molecule has 0 radical (unpaired) electrons. The van der Waals surface area contributed by atoms with Crippen LogP contribution < -0.4 is 0 Å². The minimum atomic E-state index is -0.806. The number of rotatable bonds is 7. The molecule has 0 aliphatic carbocycles. The van der Waals surface area contributed by atoms with E-state index >= 15 is 0 Å². The Morgan fingerprint density at radius 2 is 1.83 bits per heavy atom. The van der Waals surface area contributed by atoms with E-state index in [1.54, 1.807) is 0 Å². The molecule has 1 N–H and O–H groups in total. The van der Waals surface area contributed by atoms with Crippen LogP contribution in [0.2, 0.25) is 0 Å². The number of unbranched alkanes of at least 4 members (excludes halogenated alkanes) is 1. The smallest absolute Gasteiger partial charge is 0.349 e. The highest BCUT2D eigenvalue weighted by Crippen LogP contribution is 2.46. The van der Waals surface area contributed by atoms with Crippen molar-refractivity contribution in [2.45, 2.75) is 56.6 Å². The first-order valence-electron chi connectivity index (χ1n) is 10.5. The topological polar surface area (TPSA) is 51.5 Å². The van der Waals surface area contributed by atoms with Crippen molar-refractivity contribution < 1.29 is 14.6 Å². The first-order valence-corrected chi connectivity index (χ1v) is 11.4. The molecular formula is C25H27NO3S. The normalized spacial score (nSPS) is 19.3. The molecule has 1 aromatic heterocycles. The Kier molecular flexibility index (Phi) is 5.91. The van der Waals surface area contributed by atoms with Gasteiger partial charge in [0.2, 0.25) is 0 Å². The number of aliphatic hydroxyl groups excluding tert-OH is 1. The molecular weight excluding hydrogens is 394 g/mol. The van der Waals surface area contributed by atoms with Gasteiger partial charge in [0.05, 0.1) is 6.42 Å². The van der Waals surface area contributed by atoms with Gasteiger partial charge in [-0.15, -0.1) is 0 Å². The van der Waals surface area contributed by atoms with Crippen molar-refractivity contribution in [1.29, 1.82) is 0 Å². The first kappa shape index (κ1) is 20.6. The number of carbonyl (C=O) groups is 1. The quantitative estimate of drug-likeness (QED) is 0.439. The number of hydrogen-bond acceptors (Lipinski definition) is 4. The lowest BCUT2D eigenvalue weighted by atomic mass is 9.83. The predicted octanol–water partition coefficient (Wildman–Crippen LogP) is 6.56. The Labute approximate surface area is 181 Å². The van der Waals surface area contributed by atoms with Crippen molar-refractivity contribution in [2.75, 3.05) is 0 Å². The third kappa shape index (κ3) is 3.74. The maximum Gasteiger partial charge on any atom is 0.349 e. The number of aryl methyl sites for hydroxylation is 1. The zero-order chi connectivity index (χ0) is 21.1. The summed E-state index contributed by atoms with van der Waals surface area (Å²) >= 11 is 1.30. The monoisotopic (exact) mass is 421 g/mol. The Bertz CT molecular complexity index is 1090. The molecule has 0 bridgehead atoms. The summed E-state index contributed by atoms with van der Waals surface area (Å²) in [6.45, 7) is 5.04. The molecule has 1 unspecified atom stereocenters. The number of fused-ring (bicyclic) bond motifs is 1. The summed E-state index contributed by atoms with van der Waals surface area (Å²) in [7, 11) is 0. The molecule has 0 saturated heterocycles. The van der Waals surface area contributed by atoms with Gasteiger partial charge in [-0.3, -0.25) is 0 Å². The van der Waals surface area contributed by atoms with Gasteiger partial charge in [-0.1, -0.05) is 73.6 Å².